The molecule has 2 aliphatic heterocycles. The highest BCUT2D eigenvalue weighted by Gasteiger charge is 2.26. The number of nitrogens with zero attached hydrogens (tertiary/aromatic N) is 3. The van der Waals surface area contributed by atoms with Crippen molar-refractivity contribution in [1.82, 2.24) is 15.1 Å². The molecule has 138 valence electrons. The predicted molar refractivity (Wildman–Crippen MR) is 108 cm³/mol. The van der Waals surface area contributed by atoms with Crippen LogP contribution in [0.2, 0.25) is 0 Å². The summed E-state index contributed by atoms with van der Waals surface area (Å²) in [6.45, 7) is 7.52. The second kappa shape index (κ2) is 9.48. The smallest absolute Gasteiger partial charge is 0.193 e. The van der Waals surface area contributed by atoms with Crippen LogP contribution in [0.3, 0.4) is 0 Å². The van der Waals surface area contributed by atoms with Gasteiger partial charge in [0.2, 0.25) is 0 Å². The number of likely N-dealkylation sites (N-methyl/N-ethyl adjacent to an activating group) is 1. The lowest BCUT2D eigenvalue weighted by molar-refractivity contribution is 0.316. The fourth-order valence-electron chi connectivity index (χ4n) is 3.72. The lowest BCUT2D eigenvalue weighted by Gasteiger charge is -2.23. The van der Waals surface area contributed by atoms with E-state index >= 15 is 0 Å². The number of likely N-dealkylation sites (tertiary alicyclic amines) is 2. The summed E-state index contributed by atoms with van der Waals surface area (Å²) in [4.78, 5) is 11.3. The molecule has 1 aromatic rings. The largest absolute Gasteiger partial charge is 0.357 e. The Morgan fingerprint density at radius 3 is 2.80 bits per heavy atom. The zero-order valence-electron chi connectivity index (χ0n) is 15.7. The zero-order valence-corrected chi connectivity index (χ0v) is 16.5. The lowest BCUT2D eigenvalue weighted by Crippen LogP contribution is -2.41. The predicted octanol–water partition coefficient (Wildman–Crippen LogP) is 3.16. The maximum atomic E-state index is 4.96. The average Bonchev–Trinajstić information content (AvgIpc) is 3.27. The lowest BCUT2D eigenvalue weighted by atomic mass is 10.2. The fraction of sp³-hybridized carbons (Fsp3) is 0.650. The molecular weight excluding hydrogens is 328 g/mol. The summed E-state index contributed by atoms with van der Waals surface area (Å²) in [6.07, 6.45) is 3.87. The molecule has 2 heterocycles. The molecule has 0 amide bonds. The molecule has 0 spiro atoms. The Hall–Kier alpha value is -1.20. The van der Waals surface area contributed by atoms with Crippen molar-refractivity contribution in [2.45, 2.75) is 37.1 Å². The Labute approximate surface area is 157 Å². The van der Waals surface area contributed by atoms with Crippen molar-refractivity contribution in [3.05, 3.63) is 30.3 Å². The first-order valence-corrected chi connectivity index (χ1v) is 10.7. The van der Waals surface area contributed by atoms with Gasteiger partial charge in [-0.25, -0.2) is 0 Å². The molecule has 4 nitrogen and oxygen atoms in total. The van der Waals surface area contributed by atoms with Crippen molar-refractivity contribution in [2.75, 3.05) is 45.5 Å². The van der Waals surface area contributed by atoms with Crippen molar-refractivity contribution in [3.8, 4) is 0 Å². The van der Waals surface area contributed by atoms with Crippen LogP contribution in [0.4, 0.5) is 0 Å². The molecule has 0 aliphatic carbocycles. The first-order valence-electron chi connectivity index (χ1n) is 9.67. The van der Waals surface area contributed by atoms with E-state index in [0.717, 1.165) is 38.1 Å². The van der Waals surface area contributed by atoms with Gasteiger partial charge in [0.1, 0.15) is 0 Å². The third-order valence-corrected chi connectivity index (χ3v) is 6.52. The number of guanidine groups is 1. The minimum atomic E-state index is 0.626. The van der Waals surface area contributed by atoms with Crippen LogP contribution in [0, 0.1) is 5.92 Å². The van der Waals surface area contributed by atoms with Crippen LogP contribution >= 0.6 is 11.8 Å². The van der Waals surface area contributed by atoms with Crippen molar-refractivity contribution in [2.24, 2.45) is 10.9 Å². The number of hydrogen-bond donors (Lipinski definition) is 1. The summed E-state index contributed by atoms with van der Waals surface area (Å²) in [6, 6.07) is 11.4. The Morgan fingerprint density at radius 1 is 1.24 bits per heavy atom. The fourth-order valence-corrected chi connectivity index (χ4v) is 4.77. The number of benzene rings is 1. The van der Waals surface area contributed by atoms with E-state index < -0.39 is 0 Å². The summed E-state index contributed by atoms with van der Waals surface area (Å²) in [5.41, 5.74) is 0. The van der Waals surface area contributed by atoms with Crippen LogP contribution in [0.5, 0.6) is 0 Å². The normalized spacial score (nSPS) is 24.9. The van der Waals surface area contributed by atoms with Gasteiger partial charge in [-0.05, 0) is 57.8 Å². The number of nitrogens with one attached hydrogen (secondary N) is 1. The van der Waals surface area contributed by atoms with E-state index in [2.05, 4.69) is 59.4 Å². The van der Waals surface area contributed by atoms with Gasteiger partial charge < -0.3 is 15.1 Å². The molecule has 0 bridgehead atoms. The van der Waals surface area contributed by atoms with Crippen molar-refractivity contribution in [3.63, 3.8) is 0 Å². The van der Waals surface area contributed by atoms with Gasteiger partial charge in [0.25, 0.3) is 0 Å². The molecular formula is C20H32N4S. The molecule has 0 aromatic heterocycles. The summed E-state index contributed by atoms with van der Waals surface area (Å²) < 4.78 is 0. The van der Waals surface area contributed by atoms with E-state index in [1.54, 1.807) is 0 Å². The summed E-state index contributed by atoms with van der Waals surface area (Å²) in [5, 5.41) is 3.51. The van der Waals surface area contributed by atoms with Crippen molar-refractivity contribution >= 4 is 17.7 Å². The van der Waals surface area contributed by atoms with Crippen LogP contribution in [-0.2, 0) is 0 Å². The Kier molecular flexibility index (Phi) is 7.05. The molecule has 1 N–H and O–H groups in total. The molecule has 5 heteroatoms. The zero-order chi connectivity index (χ0) is 17.5. The molecule has 2 aliphatic rings. The number of hydrogen-bond acceptors (Lipinski definition) is 3. The molecule has 25 heavy (non-hydrogen) atoms. The second-order valence-corrected chi connectivity index (χ2v) is 8.29. The first-order chi connectivity index (χ1) is 12.3. The third kappa shape index (κ3) is 5.38. The maximum Gasteiger partial charge on any atom is 0.193 e. The average molecular weight is 361 g/mol. The highest BCUT2D eigenvalue weighted by atomic mass is 32.2. The van der Waals surface area contributed by atoms with E-state index in [9.17, 15) is 0 Å². The van der Waals surface area contributed by atoms with Gasteiger partial charge in [0, 0.05) is 36.3 Å². The van der Waals surface area contributed by atoms with Gasteiger partial charge in [-0.1, -0.05) is 18.2 Å². The van der Waals surface area contributed by atoms with Crippen LogP contribution in [0.15, 0.2) is 40.2 Å². The standard InChI is InChI=1S/C20H32N4S/c1-3-21-20(22-14-18-8-7-12-23(18)2)24-13-11-17(15-24)16-25-19-9-5-4-6-10-19/h4-6,9-10,17-18H,3,7-8,11-16H2,1-2H3,(H,21,22). The van der Waals surface area contributed by atoms with E-state index in [1.165, 1.54) is 36.5 Å². The van der Waals surface area contributed by atoms with Gasteiger partial charge in [0.15, 0.2) is 5.96 Å². The first kappa shape index (κ1) is 18.6. The van der Waals surface area contributed by atoms with Crippen LogP contribution in [-0.4, -0.2) is 67.3 Å². The molecule has 0 radical (unpaired) electrons. The topological polar surface area (TPSA) is 30.9 Å². The van der Waals surface area contributed by atoms with Gasteiger partial charge in [-0.2, -0.15) is 0 Å². The minimum Gasteiger partial charge on any atom is -0.357 e. The van der Waals surface area contributed by atoms with Gasteiger partial charge in [-0.15, -0.1) is 11.8 Å². The molecule has 3 rings (SSSR count). The second-order valence-electron chi connectivity index (χ2n) is 7.20. The highest BCUT2D eigenvalue weighted by molar-refractivity contribution is 7.99. The van der Waals surface area contributed by atoms with Crippen LogP contribution in [0.1, 0.15) is 26.2 Å². The molecule has 1 aromatic carbocycles. The Morgan fingerprint density at radius 2 is 2.08 bits per heavy atom. The third-order valence-electron chi connectivity index (χ3n) is 5.27. The molecule has 2 atom stereocenters. The molecule has 0 saturated carbocycles. The van der Waals surface area contributed by atoms with E-state index in [4.69, 9.17) is 4.99 Å². The number of aliphatic imine (C=N–C) groups is 1. The van der Waals surface area contributed by atoms with Crippen molar-refractivity contribution in [1.29, 1.82) is 0 Å². The number of thioether (sulfide) groups is 1. The van der Waals surface area contributed by atoms with Crippen molar-refractivity contribution < 1.29 is 0 Å². The summed E-state index contributed by atoms with van der Waals surface area (Å²) in [5.74, 6) is 3.07. The SMILES string of the molecule is CCNC(=NCC1CCCN1C)N1CCC(CSc2ccccc2)C1. The van der Waals surface area contributed by atoms with E-state index in [0.29, 0.717) is 6.04 Å². The Balaban J connectivity index is 1.50. The summed E-state index contributed by atoms with van der Waals surface area (Å²) >= 11 is 1.99. The number of rotatable bonds is 6. The molecule has 2 unspecified atom stereocenters. The van der Waals surface area contributed by atoms with E-state index in [-0.39, 0.29) is 0 Å². The maximum absolute atomic E-state index is 4.96. The van der Waals surface area contributed by atoms with Gasteiger partial charge in [-0.3, -0.25) is 4.99 Å². The van der Waals surface area contributed by atoms with Gasteiger partial charge in [0.05, 0.1) is 6.54 Å². The Bertz CT molecular complexity index is 548. The molecule has 2 saturated heterocycles. The van der Waals surface area contributed by atoms with E-state index in [1.807, 2.05) is 11.8 Å². The monoisotopic (exact) mass is 360 g/mol. The van der Waals surface area contributed by atoms with Crippen LogP contribution in [0.25, 0.3) is 0 Å². The minimum absolute atomic E-state index is 0.626. The summed E-state index contributed by atoms with van der Waals surface area (Å²) in [7, 11) is 2.23. The molecule has 2 fully saturated rings. The van der Waals surface area contributed by atoms with Crippen LogP contribution < -0.4 is 5.32 Å². The van der Waals surface area contributed by atoms with Gasteiger partial charge >= 0.3 is 0 Å². The highest BCUT2D eigenvalue weighted by Crippen LogP contribution is 2.26. The quantitative estimate of drug-likeness (QED) is 0.480.